The minimum absolute atomic E-state index is 0.0487. The Balaban J connectivity index is 1.47. The zero-order valence-corrected chi connectivity index (χ0v) is 16.9. The van der Waals surface area contributed by atoms with Crippen LogP contribution in [-0.4, -0.2) is 42.1 Å². The van der Waals surface area contributed by atoms with E-state index in [4.69, 9.17) is 4.74 Å². The fraction of sp³-hybridized carbons (Fsp3) is 0.261. The first kappa shape index (κ1) is 19.7. The van der Waals surface area contributed by atoms with E-state index < -0.39 is 0 Å². The summed E-state index contributed by atoms with van der Waals surface area (Å²) in [4.78, 5) is 24.1. The van der Waals surface area contributed by atoms with E-state index in [0.717, 1.165) is 37.4 Å². The molecule has 1 aromatic carbocycles. The van der Waals surface area contributed by atoms with Gasteiger partial charge in [-0.05, 0) is 49.2 Å². The molecule has 0 radical (unpaired) electrons. The summed E-state index contributed by atoms with van der Waals surface area (Å²) in [6.07, 6.45) is 5.40. The number of amides is 1. The van der Waals surface area contributed by atoms with Gasteiger partial charge in [-0.25, -0.2) is 9.97 Å². The Morgan fingerprint density at radius 2 is 1.90 bits per heavy atom. The van der Waals surface area contributed by atoms with Gasteiger partial charge in [0.15, 0.2) is 0 Å². The lowest BCUT2D eigenvalue weighted by molar-refractivity contribution is 0.0933. The standard InChI is InChI=1S/C23H25N5O2/c1-30-20-11-3-2-10-19(20)27-22-18(9-6-14-25-22)23(29)26-17-8-7-15-28(16-17)21-12-4-5-13-24-21/h2-6,9-14,17H,7-8,15-16H2,1H3,(H,25,27)(H,26,29). The van der Waals surface area contributed by atoms with E-state index in [9.17, 15) is 4.79 Å². The molecule has 0 bridgehead atoms. The average Bonchev–Trinajstić information content (AvgIpc) is 2.80. The van der Waals surface area contributed by atoms with Crippen LogP contribution in [0.4, 0.5) is 17.3 Å². The third-order valence-electron chi connectivity index (χ3n) is 5.14. The second-order valence-corrected chi connectivity index (χ2v) is 7.17. The number of hydrogen-bond acceptors (Lipinski definition) is 6. The van der Waals surface area contributed by atoms with Crippen LogP contribution in [0, 0.1) is 0 Å². The van der Waals surface area contributed by atoms with Crippen molar-refractivity contribution in [3.8, 4) is 5.75 Å². The molecular weight excluding hydrogens is 378 g/mol. The summed E-state index contributed by atoms with van der Waals surface area (Å²) in [5.74, 6) is 1.98. The number of para-hydroxylation sites is 2. The molecule has 1 atom stereocenters. The Hall–Kier alpha value is -3.61. The van der Waals surface area contributed by atoms with E-state index in [0.29, 0.717) is 17.1 Å². The number of aromatic nitrogens is 2. The number of methoxy groups -OCH3 is 1. The largest absolute Gasteiger partial charge is 0.495 e. The highest BCUT2D eigenvalue weighted by Gasteiger charge is 2.24. The second kappa shape index (κ2) is 9.26. The van der Waals surface area contributed by atoms with E-state index >= 15 is 0 Å². The first-order valence-corrected chi connectivity index (χ1v) is 10.1. The van der Waals surface area contributed by atoms with Crippen LogP contribution in [0.15, 0.2) is 67.0 Å². The van der Waals surface area contributed by atoms with Crippen molar-refractivity contribution in [2.24, 2.45) is 0 Å². The van der Waals surface area contributed by atoms with Gasteiger partial charge >= 0.3 is 0 Å². The molecule has 0 spiro atoms. The lowest BCUT2D eigenvalue weighted by Gasteiger charge is -2.34. The molecule has 0 saturated carbocycles. The van der Waals surface area contributed by atoms with Crippen molar-refractivity contribution in [2.45, 2.75) is 18.9 Å². The van der Waals surface area contributed by atoms with Gasteiger partial charge in [0.1, 0.15) is 17.4 Å². The molecule has 7 heteroatoms. The number of anilines is 3. The number of nitrogens with zero attached hydrogens (tertiary/aromatic N) is 3. The summed E-state index contributed by atoms with van der Waals surface area (Å²) in [5.41, 5.74) is 1.25. The van der Waals surface area contributed by atoms with Crippen LogP contribution in [-0.2, 0) is 0 Å². The normalized spacial score (nSPS) is 16.0. The molecule has 2 N–H and O–H groups in total. The first-order chi connectivity index (χ1) is 14.7. The fourth-order valence-electron chi connectivity index (χ4n) is 3.67. The van der Waals surface area contributed by atoms with Gasteiger partial charge in [0.05, 0.1) is 18.4 Å². The summed E-state index contributed by atoms with van der Waals surface area (Å²) in [7, 11) is 1.61. The van der Waals surface area contributed by atoms with Crippen molar-refractivity contribution in [3.05, 3.63) is 72.6 Å². The van der Waals surface area contributed by atoms with Crippen molar-refractivity contribution in [1.29, 1.82) is 0 Å². The number of rotatable bonds is 6. The molecule has 154 valence electrons. The molecule has 3 heterocycles. The van der Waals surface area contributed by atoms with Crippen LogP contribution in [0.2, 0.25) is 0 Å². The molecule has 1 saturated heterocycles. The molecule has 1 aliphatic heterocycles. The number of ether oxygens (including phenoxy) is 1. The highest BCUT2D eigenvalue weighted by Crippen LogP contribution is 2.27. The molecular formula is C23H25N5O2. The van der Waals surface area contributed by atoms with E-state index in [1.165, 1.54) is 0 Å². The number of carbonyl (C=O) groups excluding carboxylic acids is 1. The maximum absolute atomic E-state index is 13.1. The summed E-state index contributed by atoms with van der Waals surface area (Å²) >= 11 is 0. The summed E-state index contributed by atoms with van der Waals surface area (Å²) in [6.45, 7) is 1.68. The summed E-state index contributed by atoms with van der Waals surface area (Å²) < 4.78 is 5.39. The van der Waals surface area contributed by atoms with Gasteiger partial charge in [0, 0.05) is 31.5 Å². The maximum Gasteiger partial charge on any atom is 0.255 e. The number of nitrogens with one attached hydrogen (secondary N) is 2. The molecule has 4 rings (SSSR count). The highest BCUT2D eigenvalue weighted by molar-refractivity contribution is 5.99. The van der Waals surface area contributed by atoms with Crippen molar-refractivity contribution >= 4 is 23.2 Å². The highest BCUT2D eigenvalue weighted by atomic mass is 16.5. The van der Waals surface area contributed by atoms with Gasteiger partial charge in [-0.2, -0.15) is 0 Å². The topological polar surface area (TPSA) is 79.4 Å². The molecule has 1 fully saturated rings. The third kappa shape index (κ3) is 4.51. The molecule has 1 aliphatic rings. The first-order valence-electron chi connectivity index (χ1n) is 10.1. The van der Waals surface area contributed by atoms with Crippen LogP contribution in [0.5, 0.6) is 5.75 Å². The minimum Gasteiger partial charge on any atom is -0.495 e. The van der Waals surface area contributed by atoms with E-state index in [2.05, 4.69) is 25.5 Å². The summed E-state index contributed by atoms with van der Waals surface area (Å²) in [6, 6.07) is 17.0. The molecule has 1 amide bonds. The van der Waals surface area contributed by atoms with Gasteiger partial charge < -0.3 is 20.3 Å². The molecule has 7 nitrogen and oxygen atoms in total. The van der Waals surface area contributed by atoms with Gasteiger partial charge in [-0.3, -0.25) is 4.79 Å². The lowest BCUT2D eigenvalue weighted by Crippen LogP contribution is -2.48. The van der Waals surface area contributed by atoms with Crippen LogP contribution in [0.3, 0.4) is 0 Å². The Kier molecular flexibility index (Phi) is 6.08. The van der Waals surface area contributed by atoms with Gasteiger partial charge in [-0.15, -0.1) is 0 Å². The number of hydrogen-bond donors (Lipinski definition) is 2. The van der Waals surface area contributed by atoms with Crippen LogP contribution in [0.25, 0.3) is 0 Å². The van der Waals surface area contributed by atoms with Gasteiger partial charge in [0.25, 0.3) is 5.91 Å². The Bertz CT molecular complexity index is 996. The molecule has 2 aromatic heterocycles. The second-order valence-electron chi connectivity index (χ2n) is 7.17. The monoisotopic (exact) mass is 403 g/mol. The fourth-order valence-corrected chi connectivity index (χ4v) is 3.67. The van der Waals surface area contributed by atoms with Crippen LogP contribution in [0.1, 0.15) is 23.2 Å². The Labute approximate surface area is 176 Å². The van der Waals surface area contributed by atoms with E-state index in [1.54, 1.807) is 31.6 Å². The smallest absolute Gasteiger partial charge is 0.255 e. The predicted molar refractivity (Wildman–Crippen MR) is 117 cm³/mol. The summed E-state index contributed by atoms with van der Waals surface area (Å²) in [5, 5.41) is 6.40. The maximum atomic E-state index is 13.1. The Morgan fingerprint density at radius 1 is 1.07 bits per heavy atom. The number of pyridine rings is 2. The van der Waals surface area contributed by atoms with Gasteiger partial charge in [0.2, 0.25) is 0 Å². The average molecular weight is 403 g/mol. The minimum atomic E-state index is -0.145. The lowest BCUT2D eigenvalue weighted by atomic mass is 10.0. The zero-order chi connectivity index (χ0) is 20.8. The van der Waals surface area contributed by atoms with E-state index in [1.807, 2.05) is 42.5 Å². The molecule has 1 unspecified atom stereocenters. The number of benzene rings is 1. The van der Waals surface area contributed by atoms with Gasteiger partial charge in [-0.1, -0.05) is 18.2 Å². The number of piperidine rings is 1. The van der Waals surface area contributed by atoms with Crippen LogP contribution >= 0.6 is 0 Å². The van der Waals surface area contributed by atoms with Crippen molar-refractivity contribution in [2.75, 3.05) is 30.4 Å². The quantitative estimate of drug-likeness (QED) is 0.654. The Morgan fingerprint density at radius 3 is 2.73 bits per heavy atom. The van der Waals surface area contributed by atoms with E-state index in [-0.39, 0.29) is 11.9 Å². The van der Waals surface area contributed by atoms with Crippen molar-refractivity contribution in [3.63, 3.8) is 0 Å². The molecule has 0 aliphatic carbocycles. The SMILES string of the molecule is COc1ccccc1Nc1ncccc1C(=O)NC1CCCN(c2ccccn2)C1. The third-order valence-corrected chi connectivity index (χ3v) is 5.14. The molecule has 30 heavy (non-hydrogen) atoms. The number of carbonyl (C=O) groups is 1. The van der Waals surface area contributed by atoms with Crippen molar-refractivity contribution in [1.82, 2.24) is 15.3 Å². The van der Waals surface area contributed by atoms with Crippen LogP contribution < -0.4 is 20.3 Å². The zero-order valence-electron chi connectivity index (χ0n) is 16.9. The molecule has 3 aromatic rings. The predicted octanol–water partition coefficient (Wildman–Crippen LogP) is 3.63. The van der Waals surface area contributed by atoms with Crippen molar-refractivity contribution < 1.29 is 9.53 Å².